The van der Waals surface area contributed by atoms with Crippen LogP contribution in [0, 0.1) is 16.0 Å². The van der Waals surface area contributed by atoms with Crippen LogP contribution in [0.15, 0.2) is 12.1 Å². The third-order valence-electron chi connectivity index (χ3n) is 4.56. The van der Waals surface area contributed by atoms with Crippen molar-refractivity contribution in [3.8, 4) is 0 Å². The number of hydrogen-bond donors (Lipinski definition) is 1. The van der Waals surface area contributed by atoms with E-state index in [9.17, 15) is 29.9 Å². The average molecular weight is 304 g/mol. The second kappa shape index (κ2) is 4.97. The molecule has 1 saturated carbocycles. The fraction of sp³-hybridized carbons (Fsp3) is 0.429. The molecule has 0 spiro atoms. The van der Waals surface area contributed by atoms with E-state index in [2.05, 4.69) is 5.32 Å². The van der Waals surface area contributed by atoms with E-state index < -0.39 is 22.9 Å². The number of nitrogens with zero attached hydrogens (tertiary/aromatic N) is 1. The zero-order valence-corrected chi connectivity index (χ0v) is 11.4. The standard InChI is InChI=1S/C14H14N2O6/c17-13(18)8-4-5-9(16(21)22)10-6-2-1-3-7(6)12(14(19)20)15-11(8)10/h4-7,12,15H,1-3H2,(H,17,18)(H,19,20)/p-2/t6-,7+,12-/m1/s1. The first-order chi connectivity index (χ1) is 10.4. The minimum atomic E-state index is -1.51. The molecule has 1 heterocycles. The zero-order valence-electron chi connectivity index (χ0n) is 11.4. The number of aliphatic carboxylic acids is 1. The van der Waals surface area contributed by atoms with Gasteiger partial charge in [0, 0.05) is 11.6 Å². The highest BCUT2D eigenvalue weighted by atomic mass is 16.6. The second-order valence-electron chi connectivity index (χ2n) is 5.61. The van der Waals surface area contributed by atoms with Gasteiger partial charge in [-0.3, -0.25) is 10.1 Å². The molecule has 8 nitrogen and oxygen atoms in total. The molecule has 1 fully saturated rings. The molecule has 0 unspecified atom stereocenters. The lowest BCUT2D eigenvalue weighted by Crippen LogP contribution is -2.49. The Balaban J connectivity index is 2.25. The number of carboxylic acids is 2. The lowest BCUT2D eigenvalue weighted by Gasteiger charge is -2.38. The number of nitro benzene ring substituents is 1. The Morgan fingerprint density at radius 2 is 1.95 bits per heavy atom. The summed E-state index contributed by atoms with van der Waals surface area (Å²) < 4.78 is 0. The number of fused-ring (bicyclic) bond motifs is 3. The molecule has 8 heteroatoms. The van der Waals surface area contributed by atoms with Crippen LogP contribution >= 0.6 is 0 Å². The van der Waals surface area contributed by atoms with Crippen LogP contribution in [0.25, 0.3) is 0 Å². The van der Waals surface area contributed by atoms with Gasteiger partial charge in [-0.1, -0.05) is 6.42 Å². The molecule has 1 aliphatic carbocycles. The van der Waals surface area contributed by atoms with E-state index in [0.29, 0.717) is 12.8 Å². The highest BCUT2D eigenvalue weighted by Gasteiger charge is 2.44. The smallest absolute Gasteiger partial charge is 0.274 e. The van der Waals surface area contributed by atoms with Crippen molar-refractivity contribution in [2.75, 3.05) is 5.32 Å². The molecular weight excluding hydrogens is 292 g/mol. The van der Waals surface area contributed by atoms with Crippen LogP contribution < -0.4 is 15.5 Å². The molecule has 1 N–H and O–H groups in total. The minimum absolute atomic E-state index is 0.0217. The van der Waals surface area contributed by atoms with Crippen molar-refractivity contribution in [1.29, 1.82) is 0 Å². The van der Waals surface area contributed by atoms with E-state index in [4.69, 9.17) is 0 Å². The van der Waals surface area contributed by atoms with Crippen molar-refractivity contribution >= 4 is 23.3 Å². The van der Waals surface area contributed by atoms with E-state index >= 15 is 0 Å². The van der Waals surface area contributed by atoms with E-state index in [-0.39, 0.29) is 34.3 Å². The molecule has 1 aromatic rings. The van der Waals surface area contributed by atoms with Crippen LogP contribution in [0.1, 0.15) is 41.1 Å². The number of hydrogen-bond acceptors (Lipinski definition) is 7. The van der Waals surface area contributed by atoms with Gasteiger partial charge in [0.2, 0.25) is 0 Å². The quantitative estimate of drug-likeness (QED) is 0.581. The van der Waals surface area contributed by atoms with Gasteiger partial charge in [-0.2, -0.15) is 0 Å². The summed E-state index contributed by atoms with van der Waals surface area (Å²) in [6.07, 6.45) is 1.91. The Hall–Kier alpha value is -2.64. The summed E-state index contributed by atoms with van der Waals surface area (Å²) in [5.41, 5.74) is -0.211. The van der Waals surface area contributed by atoms with Gasteiger partial charge in [-0.25, -0.2) is 0 Å². The van der Waals surface area contributed by atoms with Crippen LogP contribution in [0.4, 0.5) is 11.4 Å². The summed E-state index contributed by atoms with van der Waals surface area (Å²) in [5.74, 6) is -3.54. The van der Waals surface area contributed by atoms with E-state index in [1.165, 1.54) is 0 Å². The topological polar surface area (TPSA) is 135 Å². The lowest BCUT2D eigenvalue weighted by molar-refractivity contribution is -0.385. The van der Waals surface area contributed by atoms with Gasteiger partial charge in [0.15, 0.2) is 0 Å². The molecular formula is C14H12N2O6-2. The summed E-state index contributed by atoms with van der Waals surface area (Å²) in [6, 6.07) is 1.15. The first-order valence-electron chi connectivity index (χ1n) is 6.92. The molecule has 0 bridgehead atoms. The first kappa shape index (κ1) is 14.3. The first-order valence-corrected chi connectivity index (χ1v) is 6.92. The third-order valence-corrected chi connectivity index (χ3v) is 4.56. The third kappa shape index (κ3) is 1.99. The molecule has 1 aliphatic heterocycles. The fourth-order valence-corrected chi connectivity index (χ4v) is 3.71. The Bertz CT molecular complexity index is 686. The zero-order chi connectivity index (χ0) is 16.0. The van der Waals surface area contributed by atoms with Gasteiger partial charge >= 0.3 is 0 Å². The van der Waals surface area contributed by atoms with Gasteiger partial charge < -0.3 is 25.1 Å². The molecule has 0 aromatic heterocycles. The normalized spacial score (nSPS) is 25.7. The molecule has 1 aromatic carbocycles. The molecule has 22 heavy (non-hydrogen) atoms. The molecule has 0 amide bonds. The number of anilines is 1. The van der Waals surface area contributed by atoms with Gasteiger partial charge in [0.05, 0.1) is 34.2 Å². The number of aromatic carboxylic acids is 1. The summed E-state index contributed by atoms with van der Waals surface area (Å²) in [6.45, 7) is 0. The van der Waals surface area contributed by atoms with E-state index in [0.717, 1.165) is 18.6 Å². The van der Waals surface area contributed by atoms with Crippen LogP contribution in [0.2, 0.25) is 0 Å². The van der Waals surface area contributed by atoms with Crippen LogP contribution in [0.5, 0.6) is 0 Å². The van der Waals surface area contributed by atoms with Crippen LogP contribution in [-0.2, 0) is 4.79 Å². The average Bonchev–Trinajstić information content (AvgIpc) is 2.93. The van der Waals surface area contributed by atoms with Gasteiger partial charge in [0.25, 0.3) is 5.69 Å². The number of benzene rings is 1. The SMILES string of the molecule is O=C([O-])c1ccc([N+](=O)[O-])c2c1N[C@@H](C(=O)[O-])[C@H]1CCC[C@@H]21. The van der Waals surface area contributed by atoms with Gasteiger partial charge in [-0.05, 0) is 30.7 Å². The lowest BCUT2D eigenvalue weighted by atomic mass is 9.78. The summed E-state index contributed by atoms with van der Waals surface area (Å²) in [5, 5.41) is 36.4. The number of carbonyl (C=O) groups excluding carboxylic acids is 2. The number of carbonyl (C=O) groups is 2. The van der Waals surface area contributed by atoms with E-state index in [1.807, 2.05) is 0 Å². The van der Waals surface area contributed by atoms with Gasteiger partial charge in [0.1, 0.15) is 0 Å². The number of nitrogens with one attached hydrogen (secondary N) is 1. The Morgan fingerprint density at radius 1 is 1.23 bits per heavy atom. The van der Waals surface area contributed by atoms with Crippen molar-refractivity contribution < 1.29 is 24.7 Å². The van der Waals surface area contributed by atoms with Crippen molar-refractivity contribution in [3.63, 3.8) is 0 Å². The van der Waals surface area contributed by atoms with Crippen LogP contribution in [0.3, 0.4) is 0 Å². The fourth-order valence-electron chi connectivity index (χ4n) is 3.71. The second-order valence-corrected chi connectivity index (χ2v) is 5.61. The minimum Gasteiger partial charge on any atom is -0.548 e. The Labute approximate surface area is 124 Å². The Kier molecular flexibility index (Phi) is 3.23. The summed E-state index contributed by atoms with van der Waals surface area (Å²) >= 11 is 0. The maximum absolute atomic E-state index is 11.3. The maximum Gasteiger partial charge on any atom is 0.274 e. The number of rotatable bonds is 3. The monoisotopic (exact) mass is 304 g/mol. The molecule has 0 radical (unpaired) electrons. The summed E-state index contributed by atoms with van der Waals surface area (Å²) in [4.78, 5) is 33.2. The van der Waals surface area contributed by atoms with Gasteiger partial charge in [-0.15, -0.1) is 0 Å². The highest BCUT2D eigenvalue weighted by molar-refractivity contribution is 5.96. The molecule has 2 aliphatic rings. The number of nitro groups is 1. The molecule has 116 valence electrons. The van der Waals surface area contributed by atoms with Crippen molar-refractivity contribution in [2.24, 2.45) is 5.92 Å². The van der Waals surface area contributed by atoms with E-state index in [1.54, 1.807) is 0 Å². The Morgan fingerprint density at radius 3 is 2.55 bits per heavy atom. The highest BCUT2D eigenvalue weighted by Crippen LogP contribution is 2.51. The molecule has 3 atom stereocenters. The predicted octanol–water partition coefficient (Wildman–Crippen LogP) is -0.614. The van der Waals surface area contributed by atoms with Crippen LogP contribution in [-0.4, -0.2) is 22.9 Å². The van der Waals surface area contributed by atoms with Crippen molar-refractivity contribution in [2.45, 2.75) is 31.2 Å². The molecule has 3 rings (SSSR count). The van der Waals surface area contributed by atoms with Crippen molar-refractivity contribution in [1.82, 2.24) is 0 Å². The predicted molar refractivity (Wildman–Crippen MR) is 69.9 cm³/mol. The number of carboxylic acid groups (broad SMARTS) is 2. The maximum atomic E-state index is 11.3. The molecule has 0 saturated heterocycles. The van der Waals surface area contributed by atoms with Crippen molar-refractivity contribution in [3.05, 3.63) is 33.4 Å². The largest absolute Gasteiger partial charge is 0.548 e. The summed E-state index contributed by atoms with van der Waals surface area (Å²) in [7, 11) is 0.